The Bertz CT molecular complexity index is 430. The fourth-order valence-electron chi connectivity index (χ4n) is 2.45. The molecule has 0 spiro atoms. The number of halogens is 1. The molecule has 0 atom stereocenters. The Kier molecular flexibility index (Phi) is 3.11. The molecule has 1 aromatic rings. The van der Waals surface area contributed by atoms with Crippen LogP contribution in [0.25, 0.3) is 0 Å². The summed E-state index contributed by atoms with van der Waals surface area (Å²) in [5.74, 6) is -0.213. The summed E-state index contributed by atoms with van der Waals surface area (Å²) in [4.78, 5) is 15.7. The maximum absolute atomic E-state index is 13.3. The lowest BCUT2D eigenvalue weighted by atomic mass is 9.62. The van der Waals surface area contributed by atoms with Gasteiger partial charge in [-0.1, -0.05) is 6.92 Å². The molecule has 3 N–H and O–H groups in total. The van der Waals surface area contributed by atoms with E-state index < -0.39 is 11.2 Å². The van der Waals surface area contributed by atoms with Crippen molar-refractivity contribution in [3.05, 3.63) is 24.3 Å². The van der Waals surface area contributed by atoms with Crippen molar-refractivity contribution < 1.29 is 9.18 Å². The molecule has 4 nitrogen and oxygen atoms in total. The zero-order valence-electron chi connectivity index (χ0n) is 9.74. The van der Waals surface area contributed by atoms with Crippen LogP contribution in [0.4, 0.5) is 10.1 Å². The lowest BCUT2D eigenvalue weighted by Crippen LogP contribution is -2.51. The van der Waals surface area contributed by atoms with E-state index in [1.165, 1.54) is 12.3 Å². The number of aromatic nitrogens is 1. The molecule has 1 aromatic heterocycles. The van der Waals surface area contributed by atoms with Crippen LogP contribution in [0.5, 0.6) is 0 Å². The van der Waals surface area contributed by atoms with Crippen LogP contribution in [0.1, 0.15) is 19.8 Å². The van der Waals surface area contributed by atoms with Gasteiger partial charge in [-0.3, -0.25) is 9.78 Å². The van der Waals surface area contributed by atoms with Gasteiger partial charge < -0.3 is 11.1 Å². The highest BCUT2D eigenvalue weighted by atomic mass is 19.1. The predicted molar refractivity (Wildman–Crippen MR) is 62.7 cm³/mol. The van der Waals surface area contributed by atoms with Crippen LogP contribution >= 0.6 is 0 Å². The van der Waals surface area contributed by atoms with E-state index in [1.807, 2.05) is 0 Å². The molecular formula is C12H16FN3O. The van der Waals surface area contributed by atoms with Gasteiger partial charge in [-0.15, -0.1) is 0 Å². The first-order chi connectivity index (χ1) is 8.07. The monoisotopic (exact) mass is 237 g/mol. The summed E-state index contributed by atoms with van der Waals surface area (Å²) >= 11 is 0. The van der Waals surface area contributed by atoms with Crippen molar-refractivity contribution in [3.8, 4) is 0 Å². The van der Waals surface area contributed by atoms with Crippen molar-refractivity contribution in [2.24, 2.45) is 17.1 Å². The van der Waals surface area contributed by atoms with Gasteiger partial charge in [0.25, 0.3) is 0 Å². The number of carbonyl (C=O) groups excluding carboxylic acids is 1. The maximum Gasteiger partial charge on any atom is 0.231 e. The van der Waals surface area contributed by atoms with Crippen LogP contribution in [0, 0.1) is 17.2 Å². The molecule has 1 aliphatic carbocycles. The molecule has 0 bridgehead atoms. The third-order valence-corrected chi connectivity index (χ3v) is 3.37. The van der Waals surface area contributed by atoms with Gasteiger partial charge in [-0.25, -0.2) is 4.39 Å². The first-order valence-corrected chi connectivity index (χ1v) is 5.68. The van der Waals surface area contributed by atoms with E-state index >= 15 is 0 Å². The van der Waals surface area contributed by atoms with Crippen molar-refractivity contribution >= 4 is 11.6 Å². The molecule has 92 valence electrons. The van der Waals surface area contributed by atoms with E-state index in [9.17, 15) is 9.18 Å². The van der Waals surface area contributed by atoms with Gasteiger partial charge >= 0.3 is 0 Å². The van der Waals surface area contributed by atoms with Crippen LogP contribution in [0.15, 0.2) is 18.5 Å². The first-order valence-electron chi connectivity index (χ1n) is 5.68. The van der Waals surface area contributed by atoms with Crippen molar-refractivity contribution in [3.63, 3.8) is 0 Å². The summed E-state index contributed by atoms with van der Waals surface area (Å²) in [6.45, 7) is 2.38. The molecule has 1 amide bonds. The summed E-state index contributed by atoms with van der Waals surface area (Å²) in [5.41, 5.74) is 5.30. The second-order valence-corrected chi connectivity index (χ2v) is 4.81. The van der Waals surface area contributed by atoms with Crippen molar-refractivity contribution in [2.45, 2.75) is 19.8 Å². The highest BCUT2D eigenvalue weighted by Crippen LogP contribution is 2.45. The van der Waals surface area contributed by atoms with Crippen LogP contribution < -0.4 is 11.1 Å². The third-order valence-electron chi connectivity index (χ3n) is 3.37. The summed E-state index contributed by atoms with van der Waals surface area (Å²) in [5, 5.41) is 2.59. The summed E-state index contributed by atoms with van der Waals surface area (Å²) < 4.78 is 13.3. The Balaban J connectivity index is 2.09. The number of pyridine rings is 1. The largest absolute Gasteiger partial charge is 0.329 e. The van der Waals surface area contributed by atoms with Crippen LogP contribution in [0.2, 0.25) is 0 Å². The lowest BCUT2D eigenvalue weighted by Gasteiger charge is -2.44. The Hall–Kier alpha value is -1.49. The highest BCUT2D eigenvalue weighted by Gasteiger charge is 2.47. The summed E-state index contributed by atoms with van der Waals surface area (Å²) in [6, 6.07) is 1.44. The number of nitrogens with zero attached hydrogens (tertiary/aromatic N) is 1. The number of amides is 1. The molecule has 5 heteroatoms. The standard InChI is InChI=1S/C12H16FN3O/c1-8-4-12(5-8,7-14)11(17)16-10-2-3-15-6-9(10)13/h2-3,6,8H,4-5,7,14H2,1H3,(H,15,16,17). The molecular weight excluding hydrogens is 221 g/mol. The smallest absolute Gasteiger partial charge is 0.231 e. The Labute approximate surface area is 99.4 Å². The van der Waals surface area contributed by atoms with E-state index in [4.69, 9.17) is 5.73 Å². The minimum atomic E-state index is -0.527. The molecule has 17 heavy (non-hydrogen) atoms. The maximum atomic E-state index is 13.3. The van der Waals surface area contributed by atoms with Gasteiger partial charge in [0.2, 0.25) is 5.91 Å². The molecule has 1 heterocycles. The van der Waals surface area contributed by atoms with E-state index in [2.05, 4.69) is 17.2 Å². The Morgan fingerprint density at radius 1 is 1.71 bits per heavy atom. The highest BCUT2D eigenvalue weighted by molar-refractivity contribution is 5.96. The molecule has 0 radical (unpaired) electrons. The van der Waals surface area contributed by atoms with Gasteiger partial charge in [-0.05, 0) is 24.8 Å². The van der Waals surface area contributed by atoms with E-state index in [-0.39, 0.29) is 11.6 Å². The molecule has 1 saturated carbocycles. The number of anilines is 1. The van der Waals surface area contributed by atoms with Crippen molar-refractivity contribution in [2.75, 3.05) is 11.9 Å². The molecule has 0 aromatic carbocycles. The van der Waals surface area contributed by atoms with Crippen LogP contribution in [-0.2, 0) is 4.79 Å². The van der Waals surface area contributed by atoms with Crippen molar-refractivity contribution in [1.82, 2.24) is 4.98 Å². The second-order valence-electron chi connectivity index (χ2n) is 4.81. The Morgan fingerprint density at radius 2 is 2.41 bits per heavy atom. The molecule has 0 unspecified atom stereocenters. The van der Waals surface area contributed by atoms with E-state index in [0.29, 0.717) is 12.5 Å². The van der Waals surface area contributed by atoms with Crippen molar-refractivity contribution in [1.29, 1.82) is 0 Å². The Morgan fingerprint density at radius 3 is 2.94 bits per heavy atom. The number of nitrogens with two attached hydrogens (primary N) is 1. The lowest BCUT2D eigenvalue weighted by molar-refractivity contribution is -0.132. The molecule has 0 aliphatic heterocycles. The average Bonchev–Trinajstić information content (AvgIpc) is 2.27. The minimum absolute atomic E-state index is 0.164. The van der Waals surface area contributed by atoms with Crippen LogP contribution in [-0.4, -0.2) is 17.4 Å². The van der Waals surface area contributed by atoms with Crippen LogP contribution in [0.3, 0.4) is 0 Å². The summed E-state index contributed by atoms with van der Waals surface area (Å²) in [6.07, 6.45) is 4.05. The SMILES string of the molecule is CC1CC(CN)(C(=O)Nc2ccncc2F)C1. The van der Waals surface area contributed by atoms with Gasteiger partial charge in [0.15, 0.2) is 5.82 Å². The molecule has 1 aliphatic rings. The summed E-state index contributed by atoms with van der Waals surface area (Å²) in [7, 11) is 0. The average molecular weight is 237 g/mol. The zero-order chi connectivity index (χ0) is 12.5. The van der Waals surface area contributed by atoms with Gasteiger partial charge in [-0.2, -0.15) is 0 Å². The fraction of sp³-hybridized carbons (Fsp3) is 0.500. The zero-order valence-corrected chi connectivity index (χ0v) is 9.74. The second kappa shape index (κ2) is 4.41. The molecule has 1 fully saturated rings. The van der Waals surface area contributed by atoms with E-state index in [0.717, 1.165) is 19.0 Å². The number of carbonyl (C=O) groups is 1. The van der Waals surface area contributed by atoms with Gasteiger partial charge in [0, 0.05) is 12.7 Å². The quantitative estimate of drug-likeness (QED) is 0.837. The predicted octanol–water partition coefficient (Wildman–Crippen LogP) is 1.53. The third kappa shape index (κ3) is 2.15. The molecule has 0 saturated heterocycles. The molecule has 2 rings (SSSR count). The fourth-order valence-corrected chi connectivity index (χ4v) is 2.45. The normalized spacial score (nSPS) is 27.4. The van der Waals surface area contributed by atoms with Gasteiger partial charge in [0.1, 0.15) is 0 Å². The van der Waals surface area contributed by atoms with Gasteiger partial charge in [0.05, 0.1) is 17.3 Å². The minimum Gasteiger partial charge on any atom is -0.329 e. The van der Waals surface area contributed by atoms with E-state index in [1.54, 1.807) is 0 Å². The first kappa shape index (κ1) is 12.0. The number of hydrogen-bond acceptors (Lipinski definition) is 3. The number of hydrogen-bond donors (Lipinski definition) is 2. The number of nitrogens with one attached hydrogen (secondary N) is 1. The topological polar surface area (TPSA) is 68.0 Å². The number of rotatable bonds is 3.